The van der Waals surface area contributed by atoms with Crippen molar-refractivity contribution in [3.63, 3.8) is 0 Å². The molecule has 0 saturated carbocycles. The summed E-state index contributed by atoms with van der Waals surface area (Å²) in [6.45, 7) is -0.354. The Morgan fingerprint density at radius 1 is 1.32 bits per heavy atom. The van der Waals surface area contributed by atoms with Crippen molar-refractivity contribution >= 4 is 51.5 Å². The van der Waals surface area contributed by atoms with Gasteiger partial charge in [0.1, 0.15) is 0 Å². The maximum Gasteiger partial charge on any atom is 0.310 e. The van der Waals surface area contributed by atoms with Gasteiger partial charge in [0.15, 0.2) is 12.4 Å². The monoisotopic (exact) mass is 432 g/mol. The number of para-hydroxylation sites is 2. The molecule has 0 saturated heterocycles. The van der Waals surface area contributed by atoms with E-state index in [0.717, 1.165) is 3.57 Å². The van der Waals surface area contributed by atoms with Crippen molar-refractivity contribution in [2.45, 2.75) is 0 Å². The van der Waals surface area contributed by atoms with Gasteiger partial charge >= 0.3 is 5.69 Å². The second-order valence-corrected chi connectivity index (χ2v) is 5.84. The van der Waals surface area contributed by atoms with E-state index in [1.807, 2.05) is 0 Å². The normalized spacial score (nSPS) is 10.1. The highest BCUT2D eigenvalue weighted by Gasteiger charge is 2.15. The number of carbonyl (C=O) groups excluding carboxylic acids is 1. The van der Waals surface area contributed by atoms with E-state index in [4.69, 9.17) is 16.3 Å². The smallest absolute Gasteiger partial charge is 0.310 e. The second-order valence-electron chi connectivity index (χ2n) is 4.19. The number of rotatable bonds is 5. The molecule has 0 aromatic heterocycles. The Kier molecular flexibility index (Phi) is 5.56. The number of nitrogens with one attached hydrogen (secondary N) is 1. The fourth-order valence-electron chi connectivity index (χ4n) is 1.65. The molecular formula is C14H10ClIN2O4. The molecule has 0 spiro atoms. The van der Waals surface area contributed by atoms with Gasteiger partial charge < -0.3 is 10.1 Å². The Bertz CT molecular complexity index is 724. The molecule has 6 nitrogen and oxygen atoms in total. The maximum absolute atomic E-state index is 11.8. The Morgan fingerprint density at radius 3 is 2.73 bits per heavy atom. The highest BCUT2D eigenvalue weighted by molar-refractivity contribution is 14.1. The lowest BCUT2D eigenvalue weighted by Crippen LogP contribution is -2.20. The molecule has 0 heterocycles. The van der Waals surface area contributed by atoms with Gasteiger partial charge in [0.25, 0.3) is 5.91 Å². The predicted octanol–water partition coefficient (Wildman–Crippen LogP) is 3.87. The topological polar surface area (TPSA) is 81.5 Å². The van der Waals surface area contributed by atoms with E-state index in [0.29, 0.717) is 10.7 Å². The number of halogens is 2. The average molecular weight is 433 g/mol. The summed E-state index contributed by atoms with van der Waals surface area (Å²) in [6, 6.07) is 11.0. The number of hydrogen-bond acceptors (Lipinski definition) is 4. The number of hydrogen-bond donors (Lipinski definition) is 1. The lowest BCUT2D eigenvalue weighted by Gasteiger charge is -2.09. The summed E-state index contributed by atoms with van der Waals surface area (Å²) in [5.41, 5.74) is 0.265. The summed E-state index contributed by atoms with van der Waals surface area (Å²) in [6.07, 6.45) is 0. The molecule has 0 atom stereocenters. The first-order valence-corrected chi connectivity index (χ1v) is 7.54. The van der Waals surface area contributed by atoms with Crippen molar-refractivity contribution in [1.82, 2.24) is 0 Å². The zero-order valence-electron chi connectivity index (χ0n) is 11.1. The quantitative estimate of drug-likeness (QED) is 0.442. The fraction of sp³-hybridized carbons (Fsp3) is 0.0714. The van der Waals surface area contributed by atoms with Gasteiger partial charge in [0.2, 0.25) is 0 Å². The second kappa shape index (κ2) is 7.41. The molecule has 0 radical (unpaired) electrons. The number of ether oxygens (including phenoxy) is 1. The van der Waals surface area contributed by atoms with Crippen molar-refractivity contribution in [2.75, 3.05) is 11.9 Å². The van der Waals surface area contributed by atoms with Crippen LogP contribution in [0.4, 0.5) is 11.4 Å². The van der Waals surface area contributed by atoms with E-state index in [-0.39, 0.29) is 18.0 Å². The molecule has 0 aliphatic heterocycles. The van der Waals surface area contributed by atoms with Crippen molar-refractivity contribution in [2.24, 2.45) is 0 Å². The number of anilines is 1. The molecule has 2 rings (SSSR count). The largest absolute Gasteiger partial charge is 0.477 e. The summed E-state index contributed by atoms with van der Waals surface area (Å²) in [7, 11) is 0. The molecule has 0 unspecified atom stereocenters. The predicted molar refractivity (Wildman–Crippen MR) is 91.4 cm³/mol. The van der Waals surface area contributed by atoms with E-state index >= 15 is 0 Å². The van der Waals surface area contributed by atoms with Crippen molar-refractivity contribution in [3.8, 4) is 5.75 Å². The van der Waals surface area contributed by atoms with Gasteiger partial charge in [0.05, 0.1) is 15.6 Å². The zero-order valence-corrected chi connectivity index (χ0v) is 14.0. The Labute approximate surface area is 144 Å². The Balaban J connectivity index is 2.00. The Morgan fingerprint density at radius 2 is 2.05 bits per heavy atom. The van der Waals surface area contributed by atoms with E-state index in [1.54, 1.807) is 24.3 Å². The average Bonchev–Trinajstić information content (AvgIpc) is 2.48. The summed E-state index contributed by atoms with van der Waals surface area (Å²) < 4.78 is 6.14. The first-order valence-electron chi connectivity index (χ1n) is 6.08. The number of carbonyl (C=O) groups is 1. The molecule has 1 amide bonds. The lowest BCUT2D eigenvalue weighted by molar-refractivity contribution is -0.385. The minimum Gasteiger partial charge on any atom is -0.477 e. The number of nitrogens with zero attached hydrogens (tertiary/aromatic N) is 1. The van der Waals surface area contributed by atoms with Crippen LogP contribution in [0.3, 0.4) is 0 Å². The molecular weight excluding hydrogens is 423 g/mol. The minimum absolute atomic E-state index is 0.0383. The van der Waals surface area contributed by atoms with Gasteiger partial charge in [-0.3, -0.25) is 14.9 Å². The highest BCUT2D eigenvalue weighted by atomic mass is 127. The SMILES string of the molecule is O=C(COc1ccccc1[N+](=O)[O-])Nc1ccc(I)cc1Cl. The van der Waals surface area contributed by atoms with E-state index in [1.165, 1.54) is 18.2 Å². The van der Waals surface area contributed by atoms with Crippen LogP contribution in [0, 0.1) is 13.7 Å². The van der Waals surface area contributed by atoms with Crippen molar-refractivity contribution < 1.29 is 14.5 Å². The van der Waals surface area contributed by atoms with Gasteiger partial charge in [-0.25, -0.2) is 0 Å². The summed E-state index contributed by atoms with van der Waals surface area (Å²) in [5.74, 6) is -0.419. The van der Waals surface area contributed by atoms with Gasteiger partial charge in [-0.1, -0.05) is 23.7 Å². The Hall–Kier alpha value is -1.87. The molecule has 1 N–H and O–H groups in total. The standard InChI is InChI=1S/C14H10ClIN2O4/c15-10-7-9(16)5-6-11(10)17-14(19)8-22-13-4-2-1-3-12(13)18(20)21/h1-7H,8H2,(H,17,19). The molecule has 2 aromatic carbocycles. The third-order valence-corrected chi connectivity index (χ3v) is 3.61. The van der Waals surface area contributed by atoms with Crippen LogP contribution in [0.5, 0.6) is 5.75 Å². The van der Waals surface area contributed by atoms with Gasteiger partial charge in [0, 0.05) is 9.64 Å². The minimum atomic E-state index is -0.566. The molecule has 0 bridgehead atoms. The number of benzene rings is 2. The third kappa shape index (κ3) is 4.31. The molecule has 8 heteroatoms. The van der Waals surface area contributed by atoms with E-state index < -0.39 is 10.8 Å². The lowest BCUT2D eigenvalue weighted by atomic mass is 10.3. The molecule has 0 fully saturated rings. The zero-order chi connectivity index (χ0) is 16.1. The first-order chi connectivity index (χ1) is 10.5. The number of nitro groups is 1. The molecule has 2 aromatic rings. The van der Waals surface area contributed by atoms with Crippen LogP contribution in [-0.4, -0.2) is 17.4 Å². The van der Waals surface area contributed by atoms with E-state index in [9.17, 15) is 14.9 Å². The van der Waals surface area contributed by atoms with Crippen molar-refractivity contribution in [1.29, 1.82) is 0 Å². The van der Waals surface area contributed by atoms with Crippen LogP contribution in [0.2, 0.25) is 5.02 Å². The molecule has 0 aliphatic carbocycles. The van der Waals surface area contributed by atoms with Gasteiger partial charge in [-0.2, -0.15) is 0 Å². The van der Waals surface area contributed by atoms with Gasteiger partial charge in [-0.05, 0) is 46.9 Å². The maximum atomic E-state index is 11.8. The molecule has 22 heavy (non-hydrogen) atoms. The fourth-order valence-corrected chi connectivity index (χ4v) is 2.55. The summed E-state index contributed by atoms with van der Waals surface area (Å²) >= 11 is 8.11. The number of nitro benzene ring substituents is 1. The van der Waals surface area contributed by atoms with Gasteiger partial charge in [-0.15, -0.1) is 0 Å². The highest BCUT2D eigenvalue weighted by Crippen LogP contribution is 2.26. The molecule has 0 aliphatic rings. The van der Waals surface area contributed by atoms with Crippen LogP contribution >= 0.6 is 34.2 Å². The third-order valence-electron chi connectivity index (χ3n) is 2.63. The van der Waals surface area contributed by atoms with Crippen LogP contribution in [0.25, 0.3) is 0 Å². The van der Waals surface area contributed by atoms with Crippen LogP contribution < -0.4 is 10.1 Å². The summed E-state index contributed by atoms with van der Waals surface area (Å²) in [5, 5.41) is 13.8. The molecule has 114 valence electrons. The van der Waals surface area contributed by atoms with Crippen LogP contribution in [0.15, 0.2) is 42.5 Å². The van der Waals surface area contributed by atoms with Crippen LogP contribution in [0.1, 0.15) is 0 Å². The summed E-state index contributed by atoms with van der Waals surface area (Å²) in [4.78, 5) is 22.1. The number of amides is 1. The van der Waals surface area contributed by atoms with Crippen molar-refractivity contribution in [3.05, 3.63) is 61.2 Å². The van der Waals surface area contributed by atoms with E-state index in [2.05, 4.69) is 27.9 Å². The van der Waals surface area contributed by atoms with Crippen LogP contribution in [-0.2, 0) is 4.79 Å². The first kappa shape index (κ1) is 16.5.